The number of fused-ring (bicyclic) bond motifs is 2. The van der Waals surface area contributed by atoms with Crippen LogP contribution in [0.25, 0.3) is 5.65 Å². The first-order chi connectivity index (χ1) is 16.3. The normalized spacial score (nSPS) is 24.8. The molecule has 0 bridgehead atoms. The van der Waals surface area contributed by atoms with Crippen molar-refractivity contribution in [1.82, 2.24) is 14.7 Å². The van der Waals surface area contributed by atoms with E-state index in [9.17, 15) is 9.59 Å². The van der Waals surface area contributed by atoms with Crippen molar-refractivity contribution in [2.24, 2.45) is 16.8 Å². The Kier molecular flexibility index (Phi) is 6.04. The Morgan fingerprint density at radius 3 is 2.76 bits per heavy atom. The van der Waals surface area contributed by atoms with Gasteiger partial charge in [-0.3, -0.25) is 19.3 Å². The lowest BCUT2D eigenvalue weighted by Crippen LogP contribution is -2.64. The van der Waals surface area contributed by atoms with Crippen molar-refractivity contribution >= 4 is 34.2 Å². The lowest BCUT2D eigenvalue weighted by atomic mass is 9.80. The second kappa shape index (κ2) is 9.00. The first-order valence-corrected chi connectivity index (χ1v) is 12.7. The molecular weight excluding hydrogens is 446 g/mol. The number of thioether (sulfide) groups is 1. The topological polar surface area (TPSA) is 79.1 Å². The molecule has 0 spiro atoms. The Bertz CT molecular complexity index is 1350. The van der Waals surface area contributed by atoms with Crippen molar-refractivity contribution < 1.29 is 4.79 Å². The van der Waals surface area contributed by atoms with Crippen LogP contribution in [0.3, 0.4) is 0 Å². The molecule has 1 N–H and O–H groups in total. The highest BCUT2D eigenvalue weighted by Crippen LogP contribution is 2.38. The van der Waals surface area contributed by atoms with Crippen LogP contribution in [0, 0.1) is 25.7 Å². The molecule has 1 aromatic carbocycles. The molecule has 2 aliphatic heterocycles. The molecule has 0 radical (unpaired) electrons. The molecule has 4 unspecified atom stereocenters. The Hall–Kier alpha value is -2.97. The third-order valence-electron chi connectivity index (χ3n) is 6.92. The number of nitrogens with zero attached hydrogens (tertiary/aromatic N) is 4. The molecule has 4 atom stereocenters. The van der Waals surface area contributed by atoms with Crippen LogP contribution in [0.1, 0.15) is 37.1 Å². The highest BCUT2D eigenvalue weighted by molar-refractivity contribution is 8.13. The number of amides is 1. The van der Waals surface area contributed by atoms with Gasteiger partial charge in [-0.1, -0.05) is 36.9 Å². The van der Waals surface area contributed by atoms with Crippen LogP contribution in [0.15, 0.2) is 58.4 Å². The molecule has 34 heavy (non-hydrogen) atoms. The van der Waals surface area contributed by atoms with Gasteiger partial charge in [0.25, 0.3) is 11.5 Å². The van der Waals surface area contributed by atoms with E-state index in [0.29, 0.717) is 28.3 Å². The van der Waals surface area contributed by atoms with E-state index in [-0.39, 0.29) is 29.5 Å². The van der Waals surface area contributed by atoms with Crippen molar-refractivity contribution in [3.63, 3.8) is 0 Å². The van der Waals surface area contributed by atoms with Gasteiger partial charge in [-0.2, -0.15) is 4.99 Å². The number of anilines is 1. The zero-order valence-corrected chi connectivity index (χ0v) is 20.7. The number of pyridine rings is 1. The third kappa shape index (κ3) is 4.05. The fourth-order valence-corrected chi connectivity index (χ4v) is 6.03. The van der Waals surface area contributed by atoms with Gasteiger partial charge in [-0.05, 0) is 62.4 Å². The highest BCUT2D eigenvalue weighted by Gasteiger charge is 2.46. The van der Waals surface area contributed by atoms with Crippen LogP contribution in [0.2, 0.25) is 0 Å². The van der Waals surface area contributed by atoms with Crippen LogP contribution in [-0.2, 0) is 10.5 Å². The van der Waals surface area contributed by atoms with E-state index < -0.39 is 0 Å². The molecule has 1 fully saturated rings. The molecule has 5 rings (SSSR count). The predicted octanol–water partition coefficient (Wildman–Crippen LogP) is 3.91. The minimum atomic E-state index is -0.205. The van der Waals surface area contributed by atoms with E-state index in [0.717, 1.165) is 12.1 Å². The van der Waals surface area contributed by atoms with E-state index in [1.807, 2.05) is 24.3 Å². The molecule has 4 heterocycles. The number of nitrogens with one attached hydrogen (secondary N) is 1. The van der Waals surface area contributed by atoms with Gasteiger partial charge in [0, 0.05) is 29.7 Å². The van der Waals surface area contributed by atoms with Crippen LogP contribution in [-0.4, -0.2) is 32.7 Å². The number of rotatable bonds is 3. The number of amidine groups is 1. The van der Waals surface area contributed by atoms with Crippen molar-refractivity contribution in [3.8, 4) is 0 Å². The quantitative estimate of drug-likeness (QED) is 0.619. The second-order valence-corrected chi connectivity index (χ2v) is 10.3. The van der Waals surface area contributed by atoms with E-state index in [4.69, 9.17) is 0 Å². The smallest absolute Gasteiger partial charge is 0.258 e. The summed E-state index contributed by atoms with van der Waals surface area (Å²) in [6.07, 6.45) is 2.49. The first-order valence-electron chi connectivity index (χ1n) is 11.7. The number of hydrogen-bond acceptors (Lipinski definition) is 6. The molecule has 2 aromatic heterocycles. The second-order valence-electron chi connectivity index (χ2n) is 9.38. The van der Waals surface area contributed by atoms with Gasteiger partial charge in [0.1, 0.15) is 5.65 Å². The Morgan fingerprint density at radius 2 is 1.94 bits per heavy atom. The number of piperidine rings is 1. The molecule has 176 valence electrons. The zero-order valence-electron chi connectivity index (χ0n) is 19.9. The van der Waals surface area contributed by atoms with E-state index in [1.54, 1.807) is 12.3 Å². The molecule has 2 aliphatic rings. The van der Waals surface area contributed by atoms with E-state index in [1.165, 1.54) is 27.3 Å². The highest BCUT2D eigenvalue weighted by atomic mass is 32.2. The Morgan fingerprint density at radius 1 is 1.12 bits per heavy atom. The summed E-state index contributed by atoms with van der Waals surface area (Å²) in [4.78, 5) is 37.2. The summed E-state index contributed by atoms with van der Waals surface area (Å²) in [6, 6.07) is 13.6. The predicted molar refractivity (Wildman–Crippen MR) is 137 cm³/mol. The van der Waals surface area contributed by atoms with E-state index >= 15 is 0 Å². The van der Waals surface area contributed by atoms with E-state index in [2.05, 4.69) is 60.0 Å². The van der Waals surface area contributed by atoms with Crippen molar-refractivity contribution in [2.75, 3.05) is 4.90 Å². The van der Waals surface area contributed by atoms with Gasteiger partial charge in [0.15, 0.2) is 5.17 Å². The number of aryl methyl sites for hydroxylation is 1. The number of aliphatic imine (C=N–C) groups is 1. The minimum absolute atomic E-state index is 0.0764. The van der Waals surface area contributed by atoms with Gasteiger partial charge in [0.05, 0.1) is 17.8 Å². The summed E-state index contributed by atoms with van der Waals surface area (Å²) >= 11 is 1.45. The van der Waals surface area contributed by atoms with Gasteiger partial charge in [-0.25, -0.2) is 4.98 Å². The number of hydrogen-bond donors (Lipinski definition) is 1. The lowest BCUT2D eigenvalue weighted by molar-refractivity contribution is -0.125. The summed E-state index contributed by atoms with van der Waals surface area (Å²) in [7, 11) is 0. The van der Waals surface area contributed by atoms with Gasteiger partial charge in [0.2, 0.25) is 0 Å². The number of carbonyl (C=O) groups is 1. The average molecular weight is 476 g/mol. The summed E-state index contributed by atoms with van der Waals surface area (Å²) in [5, 5.41) is 4.32. The molecule has 0 saturated carbocycles. The number of benzene rings is 1. The van der Waals surface area contributed by atoms with Gasteiger partial charge < -0.3 is 4.90 Å². The van der Waals surface area contributed by atoms with Crippen LogP contribution < -0.4 is 15.8 Å². The van der Waals surface area contributed by atoms with Crippen molar-refractivity contribution in [2.45, 2.75) is 52.1 Å². The number of aromatic nitrogens is 2. The molecular formula is C26H29N5O2S. The third-order valence-corrected chi connectivity index (χ3v) is 7.90. The van der Waals surface area contributed by atoms with Crippen LogP contribution >= 0.6 is 11.8 Å². The summed E-state index contributed by atoms with van der Waals surface area (Å²) in [5.41, 5.74) is 4.56. The SMILES string of the molecule is Cc1cccc(N2C(SCc3cc(=O)n4ccccc4n3)=NC(=O)C3C(C)CC(C)NC32)c1C. The van der Waals surface area contributed by atoms with Crippen molar-refractivity contribution in [3.05, 3.63) is 75.8 Å². The maximum absolute atomic E-state index is 13.2. The standard InChI is InChI=1S/C26H29N5O2S/c1-15-8-7-9-20(18(15)4)31-24-23(16(2)12-17(3)27-24)25(33)29-26(31)34-14-19-13-22(32)30-11-6-5-10-21(30)28-19/h5-11,13,16-17,23-24,27H,12,14H2,1-4H3. The summed E-state index contributed by atoms with van der Waals surface area (Å²) < 4.78 is 1.53. The van der Waals surface area contributed by atoms with Crippen molar-refractivity contribution in [1.29, 1.82) is 0 Å². The molecule has 3 aromatic rings. The fourth-order valence-electron chi connectivity index (χ4n) is 5.10. The maximum Gasteiger partial charge on any atom is 0.258 e. The van der Waals surface area contributed by atoms with Gasteiger partial charge >= 0.3 is 0 Å². The monoisotopic (exact) mass is 475 g/mol. The molecule has 1 saturated heterocycles. The Labute approximate surface area is 203 Å². The average Bonchev–Trinajstić information content (AvgIpc) is 2.79. The van der Waals surface area contributed by atoms with Gasteiger partial charge in [-0.15, -0.1) is 0 Å². The zero-order chi connectivity index (χ0) is 24.0. The lowest BCUT2D eigenvalue weighted by Gasteiger charge is -2.48. The largest absolute Gasteiger partial charge is 0.304 e. The summed E-state index contributed by atoms with van der Waals surface area (Å²) in [6.45, 7) is 8.53. The van der Waals surface area contributed by atoms with Crippen LogP contribution in [0.4, 0.5) is 5.69 Å². The molecule has 1 amide bonds. The summed E-state index contributed by atoms with van der Waals surface area (Å²) in [5.74, 6) is 0.395. The maximum atomic E-state index is 13.2. The minimum Gasteiger partial charge on any atom is -0.304 e. The van der Waals surface area contributed by atoms with Crippen LogP contribution in [0.5, 0.6) is 0 Å². The fraction of sp³-hybridized carbons (Fsp3) is 0.385. The Balaban J connectivity index is 1.54. The molecule has 7 nitrogen and oxygen atoms in total. The first kappa shape index (κ1) is 22.8. The molecule has 8 heteroatoms. The molecule has 0 aliphatic carbocycles. The number of carbonyl (C=O) groups excluding carboxylic acids is 1.